The van der Waals surface area contributed by atoms with E-state index in [0.29, 0.717) is 6.61 Å². The van der Waals surface area contributed by atoms with E-state index in [1.807, 2.05) is 24.3 Å². The zero-order valence-electron chi connectivity index (χ0n) is 16.9. The van der Waals surface area contributed by atoms with Gasteiger partial charge in [0.1, 0.15) is 5.75 Å². The number of methoxy groups -OCH3 is 2. The first-order valence-corrected chi connectivity index (χ1v) is 9.39. The normalized spacial score (nSPS) is 23.2. The Morgan fingerprint density at radius 2 is 2.03 bits per heavy atom. The lowest BCUT2D eigenvalue weighted by Crippen LogP contribution is -2.59. The summed E-state index contributed by atoms with van der Waals surface area (Å²) in [5.41, 5.74) is 9.77. The number of azide groups is 1. The van der Waals surface area contributed by atoms with E-state index in [1.54, 1.807) is 7.11 Å². The largest absolute Gasteiger partial charge is 0.497 e. The molecule has 1 aromatic rings. The second-order valence-corrected chi connectivity index (χ2v) is 6.67. The maximum atomic E-state index is 12.0. The van der Waals surface area contributed by atoms with Crippen LogP contribution in [0.15, 0.2) is 29.4 Å². The van der Waals surface area contributed by atoms with Gasteiger partial charge in [0.25, 0.3) is 0 Å². The molecule has 2 rings (SSSR count). The van der Waals surface area contributed by atoms with E-state index in [-0.39, 0.29) is 26.1 Å². The first-order valence-electron chi connectivity index (χ1n) is 9.39. The maximum absolute atomic E-state index is 12.0. The Balaban J connectivity index is 1.87. The molecule has 11 nitrogen and oxygen atoms in total. The summed E-state index contributed by atoms with van der Waals surface area (Å²) in [4.78, 5) is 25.9. The van der Waals surface area contributed by atoms with Gasteiger partial charge >= 0.3 is 5.97 Å². The molecule has 0 aliphatic carbocycles. The minimum Gasteiger partial charge on any atom is -0.497 e. The van der Waals surface area contributed by atoms with Crippen LogP contribution in [0, 0.1) is 0 Å². The molecule has 1 amide bonds. The topological polar surface area (TPSA) is 152 Å². The number of esters is 1. The third kappa shape index (κ3) is 6.89. The van der Waals surface area contributed by atoms with Gasteiger partial charge in [0.2, 0.25) is 5.91 Å². The average molecular weight is 422 g/mol. The van der Waals surface area contributed by atoms with Gasteiger partial charge in [-0.05, 0) is 23.2 Å². The first-order chi connectivity index (χ1) is 14.5. The van der Waals surface area contributed by atoms with Gasteiger partial charge in [0.05, 0.1) is 64.8 Å². The number of carbonyl (C=O) groups excluding carboxylic acids is 2. The van der Waals surface area contributed by atoms with Gasteiger partial charge in [0.15, 0.2) is 0 Å². The SMILES string of the molecule is COC(=O)CCC(=O)NC1COC(COCc2ccc(OC)cc2)C(N=[N+]=[N-])C1O. The molecule has 4 atom stereocenters. The molecule has 0 saturated carbocycles. The molecule has 2 N–H and O–H groups in total. The van der Waals surface area contributed by atoms with Gasteiger partial charge in [-0.1, -0.05) is 17.2 Å². The van der Waals surface area contributed by atoms with Crippen LogP contribution in [0.25, 0.3) is 10.4 Å². The minimum atomic E-state index is -1.16. The van der Waals surface area contributed by atoms with Gasteiger partial charge < -0.3 is 29.4 Å². The van der Waals surface area contributed by atoms with E-state index in [2.05, 4.69) is 20.1 Å². The molecule has 4 unspecified atom stereocenters. The van der Waals surface area contributed by atoms with Gasteiger partial charge in [-0.15, -0.1) is 0 Å². The quantitative estimate of drug-likeness (QED) is 0.248. The Bertz CT molecular complexity index is 752. The number of nitrogens with zero attached hydrogens (tertiary/aromatic N) is 3. The summed E-state index contributed by atoms with van der Waals surface area (Å²) in [6.45, 7) is 0.408. The van der Waals surface area contributed by atoms with E-state index in [0.717, 1.165) is 11.3 Å². The zero-order valence-corrected chi connectivity index (χ0v) is 16.9. The summed E-state index contributed by atoms with van der Waals surface area (Å²) in [6.07, 6.45) is -1.99. The second-order valence-electron chi connectivity index (χ2n) is 6.67. The number of rotatable bonds is 10. The molecule has 0 spiro atoms. The summed E-state index contributed by atoms with van der Waals surface area (Å²) in [6, 6.07) is 5.64. The molecule has 0 bridgehead atoms. The van der Waals surface area contributed by atoms with Crippen molar-refractivity contribution in [3.05, 3.63) is 40.3 Å². The van der Waals surface area contributed by atoms with Crippen molar-refractivity contribution in [2.24, 2.45) is 5.11 Å². The lowest BCUT2D eigenvalue weighted by molar-refractivity contribution is -0.143. The van der Waals surface area contributed by atoms with Crippen LogP contribution >= 0.6 is 0 Å². The summed E-state index contributed by atoms with van der Waals surface area (Å²) in [5, 5.41) is 16.8. The molecule has 1 aliphatic rings. The lowest BCUT2D eigenvalue weighted by Gasteiger charge is -2.38. The average Bonchev–Trinajstić information content (AvgIpc) is 2.76. The van der Waals surface area contributed by atoms with Gasteiger partial charge in [-0.25, -0.2) is 0 Å². The highest BCUT2D eigenvalue weighted by atomic mass is 16.5. The molecular formula is C19H26N4O7. The number of aliphatic hydroxyl groups excluding tert-OH is 1. The van der Waals surface area contributed by atoms with Gasteiger partial charge in [-0.2, -0.15) is 0 Å². The van der Waals surface area contributed by atoms with Crippen LogP contribution in [0.1, 0.15) is 18.4 Å². The monoisotopic (exact) mass is 422 g/mol. The second kappa shape index (κ2) is 12.0. The number of hydrogen-bond donors (Lipinski definition) is 2. The van der Waals surface area contributed by atoms with Crippen molar-refractivity contribution in [1.29, 1.82) is 0 Å². The molecule has 0 radical (unpaired) electrons. The third-order valence-electron chi connectivity index (χ3n) is 4.66. The van der Waals surface area contributed by atoms with Crippen molar-refractivity contribution in [3.63, 3.8) is 0 Å². The Morgan fingerprint density at radius 3 is 2.67 bits per heavy atom. The summed E-state index contributed by atoms with van der Waals surface area (Å²) < 4.78 is 20.9. The smallest absolute Gasteiger partial charge is 0.306 e. The van der Waals surface area contributed by atoms with Gasteiger partial charge in [0, 0.05) is 11.3 Å². The van der Waals surface area contributed by atoms with Crippen LogP contribution in [-0.4, -0.2) is 68.7 Å². The number of hydrogen-bond acceptors (Lipinski definition) is 8. The molecule has 1 aliphatic heterocycles. The molecule has 30 heavy (non-hydrogen) atoms. The highest BCUT2D eigenvalue weighted by Crippen LogP contribution is 2.20. The number of nitrogens with one attached hydrogen (secondary N) is 1. The highest BCUT2D eigenvalue weighted by Gasteiger charge is 2.39. The third-order valence-corrected chi connectivity index (χ3v) is 4.66. The zero-order chi connectivity index (χ0) is 21.9. The number of amides is 1. The predicted molar refractivity (Wildman–Crippen MR) is 105 cm³/mol. The maximum Gasteiger partial charge on any atom is 0.306 e. The number of ether oxygens (including phenoxy) is 4. The Hall–Kier alpha value is -2.85. The molecule has 0 aromatic heterocycles. The molecule has 1 heterocycles. The van der Waals surface area contributed by atoms with Crippen LogP contribution in [-0.2, 0) is 30.4 Å². The molecule has 1 saturated heterocycles. The predicted octanol–water partition coefficient (Wildman–Crippen LogP) is 1.09. The minimum absolute atomic E-state index is 0.0130. The number of benzene rings is 1. The number of carbonyl (C=O) groups is 2. The fourth-order valence-corrected chi connectivity index (χ4v) is 2.97. The summed E-state index contributed by atoms with van der Waals surface area (Å²) in [7, 11) is 2.82. The van der Waals surface area contributed by atoms with Crippen molar-refractivity contribution in [1.82, 2.24) is 5.32 Å². The van der Waals surface area contributed by atoms with E-state index in [1.165, 1.54) is 7.11 Å². The van der Waals surface area contributed by atoms with Crippen LogP contribution < -0.4 is 10.1 Å². The van der Waals surface area contributed by atoms with E-state index < -0.39 is 36.2 Å². The Morgan fingerprint density at radius 1 is 1.30 bits per heavy atom. The van der Waals surface area contributed by atoms with E-state index in [4.69, 9.17) is 19.7 Å². The molecular weight excluding hydrogens is 396 g/mol. The molecule has 1 aromatic carbocycles. The molecule has 164 valence electrons. The van der Waals surface area contributed by atoms with Crippen LogP contribution in [0.5, 0.6) is 5.75 Å². The number of aliphatic hydroxyl groups is 1. The van der Waals surface area contributed by atoms with Gasteiger partial charge in [-0.3, -0.25) is 9.59 Å². The van der Waals surface area contributed by atoms with Crippen LogP contribution in [0.4, 0.5) is 0 Å². The highest BCUT2D eigenvalue weighted by molar-refractivity contribution is 5.81. The van der Waals surface area contributed by atoms with Crippen molar-refractivity contribution in [3.8, 4) is 5.75 Å². The Kier molecular flexibility index (Phi) is 9.36. The van der Waals surface area contributed by atoms with E-state index >= 15 is 0 Å². The van der Waals surface area contributed by atoms with Crippen molar-refractivity contribution >= 4 is 11.9 Å². The lowest BCUT2D eigenvalue weighted by atomic mass is 9.96. The Labute approximate surface area is 173 Å². The van der Waals surface area contributed by atoms with Crippen LogP contribution in [0.3, 0.4) is 0 Å². The van der Waals surface area contributed by atoms with E-state index in [9.17, 15) is 14.7 Å². The van der Waals surface area contributed by atoms with Crippen molar-refractivity contribution in [2.75, 3.05) is 27.4 Å². The van der Waals surface area contributed by atoms with Crippen LogP contribution in [0.2, 0.25) is 0 Å². The standard InChI is InChI=1S/C19H26N4O7/c1-27-13-5-3-12(4-6-13)9-29-11-15-18(22-23-20)19(26)14(10-30-15)21-16(24)7-8-17(25)28-2/h3-6,14-15,18-19,26H,7-11H2,1-2H3,(H,21,24). The summed E-state index contributed by atoms with van der Waals surface area (Å²) in [5.74, 6) is -0.214. The molecule has 11 heteroatoms. The van der Waals surface area contributed by atoms with Crippen molar-refractivity contribution in [2.45, 2.75) is 43.7 Å². The fraction of sp³-hybridized carbons (Fsp3) is 0.579. The summed E-state index contributed by atoms with van der Waals surface area (Å²) >= 11 is 0. The van der Waals surface area contributed by atoms with Crippen molar-refractivity contribution < 1.29 is 33.6 Å². The molecule has 1 fully saturated rings. The fourth-order valence-electron chi connectivity index (χ4n) is 2.97. The first kappa shape index (κ1) is 23.4.